The van der Waals surface area contributed by atoms with Gasteiger partial charge in [-0.2, -0.15) is 0 Å². The predicted molar refractivity (Wildman–Crippen MR) is 89.2 cm³/mol. The predicted octanol–water partition coefficient (Wildman–Crippen LogP) is 3.52. The molecule has 0 amide bonds. The zero-order chi connectivity index (χ0) is 16.5. The van der Waals surface area contributed by atoms with Gasteiger partial charge in [0.1, 0.15) is 19.0 Å². The number of rotatable bonds is 8. The standard InChI is InChI=1S/C18H21NO4/c1-3-14-4-7-16(8-5-14)22-10-11-23-18-12-15(13-19-20)6-9-17(18)21-2/h4-9,12-13,20H,3,10-11H2,1-2H3/b19-13+. The summed E-state index contributed by atoms with van der Waals surface area (Å²) in [7, 11) is 1.58. The maximum absolute atomic E-state index is 8.59. The summed E-state index contributed by atoms with van der Waals surface area (Å²) >= 11 is 0. The summed E-state index contributed by atoms with van der Waals surface area (Å²) in [6.45, 7) is 2.92. The number of nitrogens with zero attached hydrogens (tertiary/aromatic N) is 1. The van der Waals surface area contributed by atoms with Crippen LogP contribution < -0.4 is 14.2 Å². The first-order valence-corrected chi connectivity index (χ1v) is 7.46. The third-order valence-electron chi connectivity index (χ3n) is 3.34. The van der Waals surface area contributed by atoms with Crippen LogP contribution in [0.25, 0.3) is 0 Å². The second kappa shape index (κ2) is 8.68. The van der Waals surface area contributed by atoms with Crippen molar-refractivity contribution in [2.45, 2.75) is 13.3 Å². The van der Waals surface area contributed by atoms with Crippen molar-refractivity contribution in [3.8, 4) is 17.2 Å². The van der Waals surface area contributed by atoms with Crippen molar-refractivity contribution >= 4 is 6.21 Å². The molecule has 0 aliphatic rings. The van der Waals surface area contributed by atoms with E-state index in [0.29, 0.717) is 24.7 Å². The van der Waals surface area contributed by atoms with E-state index in [2.05, 4.69) is 24.2 Å². The van der Waals surface area contributed by atoms with E-state index >= 15 is 0 Å². The molecule has 0 heterocycles. The Hall–Kier alpha value is -2.69. The van der Waals surface area contributed by atoms with Gasteiger partial charge in [-0.1, -0.05) is 24.2 Å². The molecule has 0 saturated heterocycles. The Morgan fingerprint density at radius 3 is 2.39 bits per heavy atom. The van der Waals surface area contributed by atoms with Crippen molar-refractivity contribution in [1.82, 2.24) is 0 Å². The molecule has 122 valence electrons. The van der Waals surface area contributed by atoms with E-state index in [1.807, 2.05) is 12.1 Å². The van der Waals surface area contributed by atoms with Gasteiger partial charge < -0.3 is 19.4 Å². The van der Waals surface area contributed by atoms with Crippen molar-refractivity contribution < 1.29 is 19.4 Å². The van der Waals surface area contributed by atoms with E-state index in [-0.39, 0.29) is 0 Å². The average molecular weight is 315 g/mol. The molecule has 0 spiro atoms. The fourth-order valence-corrected chi connectivity index (χ4v) is 2.09. The molecule has 5 nitrogen and oxygen atoms in total. The van der Waals surface area contributed by atoms with Gasteiger partial charge in [-0.3, -0.25) is 0 Å². The second-order valence-corrected chi connectivity index (χ2v) is 4.85. The van der Waals surface area contributed by atoms with Crippen LogP contribution in [0.2, 0.25) is 0 Å². The van der Waals surface area contributed by atoms with E-state index in [1.54, 1.807) is 25.3 Å². The Kier molecular flexibility index (Phi) is 6.29. The first kappa shape index (κ1) is 16.7. The second-order valence-electron chi connectivity index (χ2n) is 4.85. The van der Waals surface area contributed by atoms with Gasteiger partial charge in [-0.25, -0.2) is 0 Å². The molecule has 2 aromatic carbocycles. The van der Waals surface area contributed by atoms with Gasteiger partial charge in [-0.15, -0.1) is 0 Å². The van der Waals surface area contributed by atoms with Crippen LogP contribution in [0.4, 0.5) is 0 Å². The van der Waals surface area contributed by atoms with Crippen molar-refractivity contribution in [2.75, 3.05) is 20.3 Å². The van der Waals surface area contributed by atoms with Gasteiger partial charge >= 0.3 is 0 Å². The highest BCUT2D eigenvalue weighted by molar-refractivity contribution is 5.80. The lowest BCUT2D eigenvalue weighted by Gasteiger charge is -2.12. The van der Waals surface area contributed by atoms with E-state index in [9.17, 15) is 0 Å². The minimum atomic E-state index is 0.381. The smallest absolute Gasteiger partial charge is 0.161 e. The van der Waals surface area contributed by atoms with Gasteiger partial charge in [0, 0.05) is 5.56 Å². The van der Waals surface area contributed by atoms with Crippen LogP contribution in [-0.4, -0.2) is 31.7 Å². The lowest BCUT2D eigenvalue weighted by molar-refractivity contribution is 0.211. The number of benzene rings is 2. The van der Waals surface area contributed by atoms with Crippen LogP contribution in [-0.2, 0) is 6.42 Å². The summed E-state index contributed by atoms with van der Waals surface area (Å²) in [4.78, 5) is 0. The van der Waals surface area contributed by atoms with E-state index in [0.717, 1.165) is 17.7 Å². The van der Waals surface area contributed by atoms with E-state index < -0.39 is 0 Å². The van der Waals surface area contributed by atoms with E-state index in [4.69, 9.17) is 19.4 Å². The molecule has 2 rings (SSSR count). The zero-order valence-corrected chi connectivity index (χ0v) is 13.4. The number of hydrogen-bond acceptors (Lipinski definition) is 5. The molecule has 23 heavy (non-hydrogen) atoms. The summed E-state index contributed by atoms with van der Waals surface area (Å²) in [6, 6.07) is 13.3. The molecule has 0 aliphatic carbocycles. The first-order chi connectivity index (χ1) is 11.3. The normalized spacial score (nSPS) is 10.7. The van der Waals surface area contributed by atoms with Crippen LogP contribution in [0.5, 0.6) is 17.2 Å². The molecule has 0 aromatic heterocycles. The van der Waals surface area contributed by atoms with Gasteiger partial charge in [0.2, 0.25) is 0 Å². The topological polar surface area (TPSA) is 60.3 Å². The van der Waals surface area contributed by atoms with Gasteiger partial charge in [0.05, 0.1) is 13.3 Å². The Labute approximate surface area is 136 Å². The van der Waals surface area contributed by atoms with Crippen molar-refractivity contribution in [3.05, 3.63) is 53.6 Å². The summed E-state index contributed by atoms with van der Waals surface area (Å²) in [6.07, 6.45) is 2.34. The minimum Gasteiger partial charge on any atom is -0.493 e. The van der Waals surface area contributed by atoms with Gasteiger partial charge in [-0.05, 0) is 42.3 Å². The average Bonchev–Trinajstić information content (AvgIpc) is 2.60. The third-order valence-corrected chi connectivity index (χ3v) is 3.34. The van der Waals surface area contributed by atoms with Gasteiger partial charge in [0.25, 0.3) is 0 Å². The molecule has 1 N–H and O–H groups in total. The van der Waals surface area contributed by atoms with E-state index in [1.165, 1.54) is 11.8 Å². The Morgan fingerprint density at radius 2 is 1.74 bits per heavy atom. The zero-order valence-electron chi connectivity index (χ0n) is 13.4. The highest BCUT2D eigenvalue weighted by Gasteiger charge is 2.05. The molecule has 0 saturated carbocycles. The molecular weight excluding hydrogens is 294 g/mol. The molecule has 0 aliphatic heterocycles. The quantitative estimate of drug-likeness (QED) is 0.350. The number of ether oxygens (including phenoxy) is 3. The molecular formula is C18H21NO4. The molecule has 0 radical (unpaired) electrons. The van der Waals surface area contributed by atoms with Crippen LogP contribution in [0.15, 0.2) is 47.6 Å². The Bertz CT molecular complexity index is 638. The maximum atomic E-state index is 8.59. The first-order valence-electron chi connectivity index (χ1n) is 7.46. The molecule has 0 unspecified atom stereocenters. The van der Waals surface area contributed by atoms with Crippen molar-refractivity contribution in [2.24, 2.45) is 5.16 Å². The highest BCUT2D eigenvalue weighted by atomic mass is 16.5. The summed E-state index contributed by atoms with van der Waals surface area (Å²) in [5.74, 6) is 2.01. The maximum Gasteiger partial charge on any atom is 0.161 e. The lowest BCUT2D eigenvalue weighted by atomic mass is 10.2. The van der Waals surface area contributed by atoms with Crippen LogP contribution in [0.1, 0.15) is 18.1 Å². The fraction of sp³-hybridized carbons (Fsp3) is 0.278. The molecule has 5 heteroatoms. The van der Waals surface area contributed by atoms with Crippen molar-refractivity contribution in [3.63, 3.8) is 0 Å². The van der Waals surface area contributed by atoms with Crippen LogP contribution in [0.3, 0.4) is 0 Å². The SMILES string of the molecule is CCc1ccc(OCCOc2cc(/C=N/O)ccc2OC)cc1. The summed E-state index contributed by atoms with van der Waals surface area (Å²) in [5, 5.41) is 11.6. The molecule has 0 atom stereocenters. The Morgan fingerprint density at radius 1 is 1.00 bits per heavy atom. The molecule has 0 bridgehead atoms. The lowest BCUT2D eigenvalue weighted by Crippen LogP contribution is -2.09. The van der Waals surface area contributed by atoms with Crippen molar-refractivity contribution in [1.29, 1.82) is 0 Å². The number of aryl methyl sites for hydroxylation is 1. The van der Waals surface area contributed by atoms with Gasteiger partial charge in [0.15, 0.2) is 11.5 Å². The fourth-order valence-electron chi connectivity index (χ4n) is 2.09. The minimum absolute atomic E-state index is 0.381. The summed E-state index contributed by atoms with van der Waals surface area (Å²) < 4.78 is 16.6. The third kappa shape index (κ3) is 4.92. The summed E-state index contributed by atoms with van der Waals surface area (Å²) in [5.41, 5.74) is 2.00. The number of hydrogen-bond donors (Lipinski definition) is 1. The Balaban J connectivity index is 1.88. The monoisotopic (exact) mass is 315 g/mol. The van der Waals surface area contributed by atoms with Crippen LogP contribution >= 0.6 is 0 Å². The molecule has 0 fully saturated rings. The largest absolute Gasteiger partial charge is 0.493 e. The highest BCUT2D eigenvalue weighted by Crippen LogP contribution is 2.27. The number of methoxy groups -OCH3 is 1. The molecule has 2 aromatic rings. The number of oxime groups is 1. The van der Waals surface area contributed by atoms with Crippen LogP contribution in [0, 0.1) is 0 Å².